The van der Waals surface area contributed by atoms with E-state index in [1.165, 1.54) is 38.5 Å². The molecular weight excluding hydrogens is 310 g/mol. The Morgan fingerprint density at radius 1 is 1.17 bits per heavy atom. The zero-order valence-electron chi connectivity index (χ0n) is 15.1. The smallest absolute Gasteiger partial charge is 0.237 e. The molecule has 0 radical (unpaired) electrons. The minimum Gasteiger partial charge on any atom is -0.352 e. The first-order valence-corrected chi connectivity index (χ1v) is 9.30. The highest BCUT2D eigenvalue weighted by molar-refractivity contribution is 5.85. The second kappa shape index (κ2) is 10.5. The van der Waals surface area contributed by atoms with Crippen molar-refractivity contribution in [3.05, 3.63) is 0 Å². The molecule has 5 heteroatoms. The van der Waals surface area contributed by atoms with E-state index < -0.39 is 0 Å². The summed E-state index contributed by atoms with van der Waals surface area (Å²) < 4.78 is 0. The first kappa shape index (κ1) is 20.7. The standard InChI is InChI=1S/C18H35N3O.ClH/c1-14-6-4-5-7-17(14)20-18(22)15(2)21-12-9-16(10-13-21)8-11-19-3;/h14-17,19H,4-13H2,1-3H3,(H,20,22);1H. The summed E-state index contributed by atoms with van der Waals surface area (Å²) in [6.45, 7) is 7.62. The lowest BCUT2D eigenvalue weighted by Gasteiger charge is -2.37. The number of nitrogens with one attached hydrogen (secondary N) is 2. The maximum absolute atomic E-state index is 12.5. The molecule has 0 bridgehead atoms. The Bertz CT molecular complexity index is 345. The number of carbonyl (C=O) groups is 1. The first-order valence-electron chi connectivity index (χ1n) is 9.30. The van der Waals surface area contributed by atoms with Crippen LogP contribution in [0.15, 0.2) is 0 Å². The minimum absolute atomic E-state index is 0. The van der Waals surface area contributed by atoms with Gasteiger partial charge in [-0.05, 0) is 77.5 Å². The molecule has 1 saturated carbocycles. The van der Waals surface area contributed by atoms with Crippen molar-refractivity contribution in [1.82, 2.24) is 15.5 Å². The van der Waals surface area contributed by atoms with E-state index in [9.17, 15) is 4.79 Å². The quantitative estimate of drug-likeness (QED) is 0.778. The molecule has 3 unspecified atom stereocenters. The second-order valence-corrected chi connectivity index (χ2v) is 7.42. The van der Waals surface area contributed by atoms with Crippen molar-refractivity contribution in [2.24, 2.45) is 11.8 Å². The zero-order chi connectivity index (χ0) is 15.9. The lowest BCUT2D eigenvalue weighted by Crippen LogP contribution is -2.52. The molecule has 2 aliphatic rings. The van der Waals surface area contributed by atoms with E-state index in [0.29, 0.717) is 12.0 Å². The molecule has 0 aromatic carbocycles. The lowest BCUT2D eigenvalue weighted by molar-refractivity contribution is -0.127. The molecule has 2 rings (SSSR count). The summed E-state index contributed by atoms with van der Waals surface area (Å²) in [7, 11) is 2.02. The van der Waals surface area contributed by atoms with Gasteiger partial charge in [-0.1, -0.05) is 19.8 Å². The van der Waals surface area contributed by atoms with E-state index >= 15 is 0 Å². The molecule has 2 N–H and O–H groups in total. The predicted octanol–water partition coefficient (Wildman–Crippen LogP) is 2.81. The van der Waals surface area contributed by atoms with Crippen LogP contribution in [0.25, 0.3) is 0 Å². The van der Waals surface area contributed by atoms with Crippen LogP contribution in [0.4, 0.5) is 0 Å². The number of nitrogens with zero attached hydrogens (tertiary/aromatic N) is 1. The first-order chi connectivity index (χ1) is 10.6. The Balaban J connectivity index is 0.00000264. The van der Waals surface area contributed by atoms with Gasteiger partial charge in [-0.15, -0.1) is 12.4 Å². The van der Waals surface area contributed by atoms with Crippen molar-refractivity contribution in [2.75, 3.05) is 26.7 Å². The highest BCUT2D eigenvalue weighted by Crippen LogP contribution is 2.25. The van der Waals surface area contributed by atoms with Crippen LogP contribution >= 0.6 is 12.4 Å². The average Bonchev–Trinajstić information content (AvgIpc) is 2.55. The minimum atomic E-state index is 0. The van der Waals surface area contributed by atoms with Crippen molar-refractivity contribution < 1.29 is 4.79 Å². The molecule has 0 aromatic heterocycles. The molecular formula is C18H36ClN3O. The highest BCUT2D eigenvalue weighted by atomic mass is 35.5. The van der Waals surface area contributed by atoms with Crippen LogP contribution < -0.4 is 10.6 Å². The summed E-state index contributed by atoms with van der Waals surface area (Å²) >= 11 is 0. The normalized spacial score (nSPS) is 28.0. The van der Waals surface area contributed by atoms with Gasteiger partial charge >= 0.3 is 0 Å². The summed E-state index contributed by atoms with van der Waals surface area (Å²) in [5.41, 5.74) is 0. The van der Waals surface area contributed by atoms with Crippen LogP contribution in [0.1, 0.15) is 58.8 Å². The number of rotatable bonds is 6. The van der Waals surface area contributed by atoms with Gasteiger partial charge in [-0.2, -0.15) is 0 Å². The molecule has 1 saturated heterocycles. The number of hydrogen-bond donors (Lipinski definition) is 2. The summed E-state index contributed by atoms with van der Waals surface area (Å²) in [4.78, 5) is 14.9. The van der Waals surface area contributed by atoms with Gasteiger partial charge in [-0.25, -0.2) is 0 Å². The molecule has 23 heavy (non-hydrogen) atoms. The van der Waals surface area contributed by atoms with E-state index in [0.717, 1.165) is 32.0 Å². The lowest BCUT2D eigenvalue weighted by atomic mass is 9.86. The van der Waals surface area contributed by atoms with Gasteiger partial charge < -0.3 is 10.6 Å². The summed E-state index contributed by atoms with van der Waals surface area (Å²) in [5, 5.41) is 6.56. The topological polar surface area (TPSA) is 44.4 Å². The highest BCUT2D eigenvalue weighted by Gasteiger charge is 2.29. The molecule has 136 valence electrons. The van der Waals surface area contributed by atoms with E-state index in [1.807, 2.05) is 7.05 Å². The molecule has 0 aromatic rings. The van der Waals surface area contributed by atoms with Crippen molar-refractivity contribution >= 4 is 18.3 Å². The zero-order valence-corrected chi connectivity index (χ0v) is 16.0. The van der Waals surface area contributed by atoms with Gasteiger partial charge in [0.25, 0.3) is 0 Å². The Labute approximate surface area is 148 Å². The monoisotopic (exact) mass is 345 g/mol. The Kier molecular flexibility index (Phi) is 9.48. The maximum Gasteiger partial charge on any atom is 0.237 e. The molecule has 1 aliphatic heterocycles. The molecule has 1 aliphatic carbocycles. The van der Waals surface area contributed by atoms with Crippen LogP contribution in [0.2, 0.25) is 0 Å². The maximum atomic E-state index is 12.5. The fourth-order valence-electron chi connectivity index (χ4n) is 3.98. The van der Waals surface area contributed by atoms with E-state index in [1.54, 1.807) is 0 Å². The largest absolute Gasteiger partial charge is 0.352 e. The van der Waals surface area contributed by atoms with Crippen LogP contribution in [0.3, 0.4) is 0 Å². The van der Waals surface area contributed by atoms with Crippen LogP contribution in [0, 0.1) is 11.8 Å². The summed E-state index contributed by atoms with van der Waals surface area (Å²) in [5.74, 6) is 1.71. The van der Waals surface area contributed by atoms with E-state index in [2.05, 4.69) is 29.4 Å². The molecule has 1 heterocycles. The van der Waals surface area contributed by atoms with Gasteiger partial charge in [0.05, 0.1) is 6.04 Å². The van der Waals surface area contributed by atoms with Gasteiger partial charge in [-0.3, -0.25) is 9.69 Å². The van der Waals surface area contributed by atoms with Gasteiger partial charge in [0.1, 0.15) is 0 Å². The SMILES string of the molecule is CNCCC1CCN(C(C)C(=O)NC2CCCCC2C)CC1.Cl. The van der Waals surface area contributed by atoms with Crippen molar-refractivity contribution in [2.45, 2.75) is 70.9 Å². The number of halogens is 1. The van der Waals surface area contributed by atoms with Gasteiger partial charge in [0.15, 0.2) is 0 Å². The molecule has 2 fully saturated rings. The second-order valence-electron chi connectivity index (χ2n) is 7.42. The van der Waals surface area contributed by atoms with Gasteiger partial charge in [0.2, 0.25) is 5.91 Å². The third kappa shape index (κ3) is 6.24. The molecule has 1 amide bonds. The fraction of sp³-hybridized carbons (Fsp3) is 0.944. The van der Waals surface area contributed by atoms with E-state index in [4.69, 9.17) is 0 Å². The average molecular weight is 346 g/mol. The van der Waals surface area contributed by atoms with Crippen LogP contribution in [-0.2, 0) is 4.79 Å². The number of likely N-dealkylation sites (tertiary alicyclic amines) is 1. The molecule has 0 spiro atoms. The number of piperidine rings is 1. The van der Waals surface area contributed by atoms with Crippen LogP contribution in [0.5, 0.6) is 0 Å². The predicted molar refractivity (Wildman–Crippen MR) is 99.1 cm³/mol. The number of amides is 1. The van der Waals surface area contributed by atoms with E-state index in [-0.39, 0.29) is 24.4 Å². The fourth-order valence-corrected chi connectivity index (χ4v) is 3.98. The van der Waals surface area contributed by atoms with Crippen LogP contribution in [-0.4, -0.2) is 49.6 Å². The Morgan fingerprint density at radius 3 is 2.43 bits per heavy atom. The Morgan fingerprint density at radius 2 is 1.83 bits per heavy atom. The molecule has 3 atom stereocenters. The number of carbonyl (C=O) groups excluding carboxylic acids is 1. The van der Waals surface area contributed by atoms with Crippen molar-refractivity contribution in [3.8, 4) is 0 Å². The van der Waals surface area contributed by atoms with Crippen molar-refractivity contribution in [3.63, 3.8) is 0 Å². The molecule has 4 nitrogen and oxygen atoms in total. The third-order valence-electron chi connectivity index (χ3n) is 5.82. The van der Waals surface area contributed by atoms with Crippen molar-refractivity contribution in [1.29, 1.82) is 0 Å². The summed E-state index contributed by atoms with van der Waals surface area (Å²) in [6, 6.07) is 0.427. The van der Waals surface area contributed by atoms with Gasteiger partial charge in [0, 0.05) is 6.04 Å². The third-order valence-corrected chi connectivity index (χ3v) is 5.82. The Hall–Kier alpha value is -0.320. The number of hydrogen-bond acceptors (Lipinski definition) is 3. The summed E-state index contributed by atoms with van der Waals surface area (Å²) in [6.07, 6.45) is 8.74.